The number of benzene rings is 1. The highest BCUT2D eigenvalue weighted by molar-refractivity contribution is 5.65. The maximum absolute atomic E-state index is 9.96. The molecule has 1 aromatic carbocycles. The van der Waals surface area contributed by atoms with Crippen LogP contribution in [0.4, 0.5) is 5.82 Å². The lowest BCUT2D eigenvalue weighted by Crippen LogP contribution is -2.34. The molecule has 3 aromatic rings. The molecule has 2 aromatic heterocycles. The Morgan fingerprint density at radius 2 is 2.03 bits per heavy atom. The first kappa shape index (κ1) is 23.2. The molecule has 0 aliphatic heterocycles. The van der Waals surface area contributed by atoms with Crippen LogP contribution in [-0.4, -0.2) is 64.0 Å². The summed E-state index contributed by atoms with van der Waals surface area (Å²) in [6.45, 7) is 0.694. The van der Waals surface area contributed by atoms with Crippen molar-refractivity contribution in [2.75, 3.05) is 32.1 Å². The van der Waals surface area contributed by atoms with E-state index >= 15 is 0 Å². The molecule has 1 aliphatic carbocycles. The maximum atomic E-state index is 9.96. The minimum atomic E-state index is -0.572. The second-order valence-corrected chi connectivity index (χ2v) is 8.75. The Labute approximate surface area is 195 Å². The van der Waals surface area contributed by atoms with Gasteiger partial charge >= 0.3 is 0 Å². The first-order valence-corrected chi connectivity index (χ1v) is 11.7. The van der Waals surface area contributed by atoms with Crippen molar-refractivity contribution >= 4 is 5.82 Å². The van der Waals surface area contributed by atoms with Gasteiger partial charge in [-0.15, -0.1) is 0 Å². The van der Waals surface area contributed by atoms with Gasteiger partial charge in [-0.1, -0.05) is 31.4 Å². The summed E-state index contributed by atoms with van der Waals surface area (Å²) in [7, 11) is 5.91. The van der Waals surface area contributed by atoms with Crippen molar-refractivity contribution in [2.24, 2.45) is 7.05 Å². The average molecular weight is 451 g/mol. The van der Waals surface area contributed by atoms with Crippen molar-refractivity contribution < 1.29 is 9.84 Å². The van der Waals surface area contributed by atoms with E-state index in [1.54, 1.807) is 13.2 Å². The van der Waals surface area contributed by atoms with Gasteiger partial charge in [-0.3, -0.25) is 0 Å². The second-order valence-electron chi connectivity index (χ2n) is 8.75. The number of aliphatic hydroxyl groups excluding tert-OH is 1. The van der Waals surface area contributed by atoms with Gasteiger partial charge in [0.15, 0.2) is 11.6 Å². The fraction of sp³-hybridized carbons (Fsp3) is 0.480. The van der Waals surface area contributed by atoms with E-state index in [9.17, 15) is 5.11 Å². The van der Waals surface area contributed by atoms with Crippen molar-refractivity contribution in [3.8, 4) is 28.7 Å². The molecule has 8 heteroatoms. The highest BCUT2D eigenvalue weighted by atomic mass is 16.5. The Bertz CT molecular complexity index is 1050. The lowest BCUT2D eigenvalue weighted by Gasteiger charge is -2.32. The number of hydrogen-bond donors (Lipinski definition) is 2. The van der Waals surface area contributed by atoms with Gasteiger partial charge in [0.05, 0.1) is 0 Å². The smallest absolute Gasteiger partial charge is 0.162 e. The number of aromatic nitrogens is 4. The van der Waals surface area contributed by atoms with Gasteiger partial charge in [-0.05, 0) is 32.0 Å². The molecule has 8 nitrogen and oxygen atoms in total. The third kappa shape index (κ3) is 5.69. The van der Waals surface area contributed by atoms with Gasteiger partial charge in [0.1, 0.15) is 30.0 Å². The minimum absolute atomic E-state index is 0.216. The number of nitrogens with one attached hydrogen (secondary N) is 1. The van der Waals surface area contributed by atoms with Crippen molar-refractivity contribution in [3.05, 3.63) is 42.7 Å². The lowest BCUT2D eigenvalue weighted by molar-refractivity contribution is 0.108. The fourth-order valence-corrected chi connectivity index (χ4v) is 4.34. The number of nitrogens with zero attached hydrogens (tertiary/aromatic N) is 5. The van der Waals surface area contributed by atoms with Gasteiger partial charge in [-0.2, -0.15) is 0 Å². The van der Waals surface area contributed by atoms with Crippen LogP contribution in [0.15, 0.2) is 42.7 Å². The van der Waals surface area contributed by atoms with E-state index in [1.807, 2.05) is 48.1 Å². The predicted octanol–water partition coefficient (Wildman–Crippen LogP) is 3.27. The van der Waals surface area contributed by atoms with Crippen molar-refractivity contribution in [3.63, 3.8) is 0 Å². The molecule has 0 saturated heterocycles. The molecule has 2 N–H and O–H groups in total. The summed E-state index contributed by atoms with van der Waals surface area (Å²) in [4.78, 5) is 16.6. The van der Waals surface area contributed by atoms with Gasteiger partial charge in [0, 0.05) is 50.7 Å². The molecule has 1 aliphatic rings. The first-order chi connectivity index (χ1) is 16.0. The molecule has 0 bridgehead atoms. The van der Waals surface area contributed by atoms with Crippen LogP contribution in [0.3, 0.4) is 0 Å². The van der Waals surface area contributed by atoms with E-state index in [1.165, 1.54) is 32.1 Å². The summed E-state index contributed by atoms with van der Waals surface area (Å²) in [6.07, 6.45) is 9.35. The number of hydrogen-bond acceptors (Lipinski definition) is 7. The Morgan fingerprint density at radius 3 is 2.76 bits per heavy atom. The molecule has 0 radical (unpaired) electrons. The van der Waals surface area contributed by atoms with Crippen molar-refractivity contribution in [1.29, 1.82) is 0 Å². The third-order valence-corrected chi connectivity index (χ3v) is 6.22. The maximum Gasteiger partial charge on any atom is 0.162 e. The third-order valence-electron chi connectivity index (χ3n) is 6.22. The number of anilines is 1. The van der Waals surface area contributed by atoms with E-state index < -0.39 is 6.10 Å². The highest BCUT2D eigenvalue weighted by Crippen LogP contribution is 2.30. The van der Waals surface area contributed by atoms with Crippen LogP contribution < -0.4 is 15.0 Å². The summed E-state index contributed by atoms with van der Waals surface area (Å²) in [5, 5.41) is 12.9. The zero-order valence-electron chi connectivity index (χ0n) is 19.7. The van der Waals surface area contributed by atoms with Gasteiger partial charge in [0.2, 0.25) is 0 Å². The van der Waals surface area contributed by atoms with Crippen LogP contribution in [0, 0.1) is 0 Å². The number of imidazole rings is 1. The second kappa shape index (κ2) is 10.8. The molecule has 1 fully saturated rings. The SMILES string of the molecule is CNCC(O)COc1cccc(-c2nc(-c3nccn3C)cc(N(C)C3CCCCC3)n2)c1. The van der Waals surface area contributed by atoms with Gasteiger partial charge < -0.3 is 24.6 Å². The van der Waals surface area contributed by atoms with E-state index in [0.717, 1.165) is 22.9 Å². The molecule has 1 unspecified atom stereocenters. The Hall–Kier alpha value is -2.97. The average Bonchev–Trinajstić information content (AvgIpc) is 3.29. The van der Waals surface area contributed by atoms with Crippen LogP contribution in [0.1, 0.15) is 32.1 Å². The monoisotopic (exact) mass is 450 g/mol. The normalized spacial score (nSPS) is 15.4. The highest BCUT2D eigenvalue weighted by Gasteiger charge is 2.21. The summed E-state index contributed by atoms with van der Waals surface area (Å²) in [6, 6.07) is 10.2. The summed E-state index contributed by atoms with van der Waals surface area (Å²) < 4.78 is 7.78. The molecule has 0 amide bonds. The molecular formula is C25H34N6O2. The van der Waals surface area contributed by atoms with Crippen LogP contribution in [-0.2, 0) is 7.05 Å². The summed E-state index contributed by atoms with van der Waals surface area (Å²) in [5.41, 5.74) is 1.66. The van der Waals surface area contributed by atoms with E-state index in [4.69, 9.17) is 14.7 Å². The Balaban J connectivity index is 1.67. The van der Waals surface area contributed by atoms with Crippen molar-refractivity contribution in [1.82, 2.24) is 24.8 Å². The molecule has 1 atom stereocenters. The number of likely N-dealkylation sites (N-methyl/N-ethyl adjacent to an activating group) is 1. The van der Waals surface area contributed by atoms with Crippen molar-refractivity contribution in [2.45, 2.75) is 44.2 Å². The molecule has 0 spiro atoms. The Morgan fingerprint density at radius 1 is 1.21 bits per heavy atom. The Kier molecular flexibility index (Phi) is 7.57. The van der Waals surface area contributed by atoms with E-state index in [-0.39, 0.29) is 6.61 Å². The quantitative estimate of drug-likeness (QED) is 0.517. The molecule has 1 saturated carbocycles. The zero-order chi connectivity index (χ0) is 23.2. The molecule has 33 heavy (non-hydrogen) atoms. The standard InChI is InChI=1S/C25H34N6O2/c1-26-16-20(32)17-33-21-11-7-8-18(14-21)24-28-22(25-27-12-13-30(25)2)15-23(29-24)31(3)19-9-5-4-6-10-19/h7-8,11-15,19-20,26,32H,4-6,9-10,16-17H2,1-3H3. The molecule has 4 rings (SSSR count). The number of aliphatic hydroxyl groups is 1. The molecular weight excluding hydrogens is 416 g/mol. The summed E-state index contributed by atoms with van der Waals surface area (Å²) in [5.74, 6) is 3.02. The first-order valence-electron chi connectivity index (χ1n) is 11.7. The zero-order valence-corrected chi connectivity index (χ0v) is 19.7. The number of ether oxygens (including phenoxy) is 1. The van der Waals surface area contributed by atoms with Crippen LogP contribution in [0.5, 0.6) is 5.75 Å². The summed E-state index contributed by atoms with van der Waals surface area (Å²) >= 11 is 0. The van der Waals surface area contributed by atoms with E-state index in [0.29, 0.717) is 24.2 Å². The van der Waals surface area contributed by atoms with Crippen LogP contribution >= 0.6 is 0 Å². The van der Waals surface area contributed by atoms with Crippen LogP contribution in [0.2, 0.25) is 0 Å². The van der Waals surface area contributed by atoms with Crippen LogP contribution in [0.25, 0.3) is 22.9 Å². The van der Waals surface area contributed by atoms with Gasteiger partial charge in [-0.25, -0.2) is 15.0 Å². The molecule has 176 valence electrons. The number of aryl methyl sites for hydroxylation is 1. The van der Waals surface area contributed by atoms with Gasteiger partial charge in [0.25, 0.3) is 0 Å². The topological polar surface area (TPSA) is 88.3 Å². The largest absolute Gasteiger partial charge is 0.491 e. The minimum Gasteiger partial charge on any atom is -0.491 e. The number of rotatable bonds is 9. The lowest BCUT2D eigenvalue weighted by atomic mass is 9.94. The fourth-order valence-electron chi connectivity index (χ4n) is 4.34. The van der Waals surface area contributed by atoms with E-state index in [2.05, 4.69) is 22.2 Å². The molecule has 2 heterocycles. The predicted molar refractivity (Wildman–Crippen MR) is 130 cm³/mol.